The second kappa shape index (κ2) is 8.91. The molecule has 0 aliphatic heterocycles. The molecule has 0 saturated carbocycles. The van der Waals surface area contributed by atoms with E-state index in [-0.39, 0.29) is 29.1 Å². The van der Waals surface area contributed by atoms with E-state index in [9.17, 15) is 18.7 Å². The standard InChI is InChI=1S/C21H20F2N2O5/c1-11(26)20-18(21(27)24-10-12-6-14(22)9-15(23)7-12)19(25-30-20)13-4-5-16(28-2)17(8-13)29-3/h4-9,11,26H,10H2,1-3H3,(H,24,27). The van der Waals surface area contributed by atoms with E-state index < -0.39 is 23.6 Å². The Balaban J connectivity index is 1.95. The van der Waals surface area contributed by atoms with E-state index in [0.29, 0.717) is 17.1 Å². The average molecular weight is 418 g/mol. The molecule has 2 N–H and O–H groups in total. The van der Waals surface area contributed by atoms with Gasteiger partial charge in [0, 0.05) is 18.2 Å². The molecule has 0 aliphatic carbocycles. The van der Waals surface area contributed by atoms with Crippen LogP contribution in [0.3, 0.4) is 0 Å². The summed E-state index contributed by atoms with van der Waals surface area (Å²) in [5.41, 5.74) is 0.915. The zero-order chi connectivity index (χ0) is 21.8. The van der Waals surface area contributed by atoms with Gasteiger partial charge >= 0.3 is 0 Å². The van der Waals surface area contributed by atoms with Crippen molar-refractivity contribution in [3.05, 3.63) is 64.9 Å². The van der Waals surface area contributed by atoms with Gasteiger partial charge in [0.05, 0.1) is 14.2 Å². The molecule has 30 heavy (non-hydrogen) atoms. The van der Waals surface area contributed by atoms with E-state index in [1.165, 1.54) is 21.1 Å². The molecule has 0 saturated heterocycles. The van der Waals surface area contributed by atoms with Crippen molar-refractivity contribution in [3.8, 4) is 22.8 Å². The monoisotopic (exact) mass is 418 g/mol. The van der Waals surface area contributed by atoms with Crippen LogP contribution in [0.15, 0.2) is 40.9 Å². The SMILES string of the molecule is COc1ccc(-c2noc(C(C)O)c2C(=O)NCc2cc(F)cc(F)c2)cc1OC. The van der Waals surface area contributed by atoms with Crippen molar-refractivity contribution in [3.63, 3.8) is 0 Å². The van der Waals surface area contributed by atoms with Crippen LogP contribution in [0, 0.1) is 11.6 Å². The molecule has 0 aliphatic rings. The van der Waals surface area contributed by atoms with E-state index in [1.807, 2.05) is 0 Å². The van der Waals surface area contributed by atoms with Crippen LogP contribution in [0.5, 0.6) is 11.5 Å². The van der Waals surface area contributed by atoms with Gasteiger partial charge in [0.15, 0.2) is 17.3 Å². The molecule has 0 bridgehead atoms. The number of nitrogens with zero attached hydrogens (tertiary/aromatic N) is 1. The molecular formula is C21H20F2N2O5. The van der Waals surface area contributed by atoms with Crippen LogP contribution in [-0.4, -0.2) is 30.4 Å². The Morgan fingerprint density at radius 3 is 2.40 bits per heavy atom. The maximum Gasteiger partial charge on any atom is 0.257 e. The number of benzene rings is 2. The summed E-state index contributed by atoms with van der Waals surface area (Å²) in [6.45, 7) is 1.29. The highest BCUT2D eigenvalue weighted by Gasteiger charge is 2.27. The molecule has 1 heterocycles. The zero-order valence-corrected chi connectivity index (χ0v) is 16.5. The van der Waals surface area contributed by atoms with Crippen LogP contribution < -0.4 is 14.8 Å². The lowest BCUT2D eigenvalue weighted by Crippen LogP contribution is -2.24. The van der Waals surface area contributed by atoms with Gasteiger partial charge in [-0.1, -0.05) is 5.16 Å². The third kappa shape index (κ3) is 4.41. The first kappa shape index (κ1) is 21.3. The number of methoxy groups -OCH3 is 2. The van der Waals surface area contributed by atoms with E-state index >= 15 is 0 Å². The van der Waals surface area contributed by atoms with Crippen molar-refractivity contribution in [2.24, 2.45) is 0 Å². The maximum absolute atomic E-state index is 13.4. The lowest BCUT2D eigenvalue weighted by molar-refractivity contribution is 0.0938. The van der Waals surface area contributed by atoms with Gasteiger partial charge in [-0.2, -0.15) is 0 Å². The van der Waals surface area contributed by atoms with Gasteiger partial charge < -0.3 is 24.4 Å². The molecule has 0 fully saturated rings. The summed E-state index contributed by atoms with van der Waals surface area (Å²) >= 11 is 0. The third-order valence-electron chi connectivity index (χ3n) is 4.36. The molecule has 3 rings (SSSR count). The second-order valence-corrected chi connectivity index (χ2v) is 6.48. The number of ether oxygens (including phenoxy) is 2. The molecule has 1 amide bonds. The number of nitrogens with one attached hydrogen (secondary N) is 1. The van der Waals surface area contributed by atoms with Gasteiger partial charge in [0.2, 0.25) is 0 Å². The fraction of sp³-hybridized carbons (Fsp3) is 0.238. The molecule has 1 unspecified atom stereocenters. The minimum absolute atomic E-state index is 0.00842. The van der Waals surface area contributed by atoms with Crippen LogP contribution in [0.25, 0.3) is 11.3 Å². The average Bonchev–Trinajstić information content (AvgIpc) is 3.16. The number of aliphatic hydroxyl groups is 1. The Hall–Kier alpha value is -3.46. The number of carbonyl (C=O) groups is 1. The number of halogens is 2. The molecule has 2 aromatic carbocycles. The largest absolute Gasteiger partial charge is 0.493 e. The molecular weight excluding hydrogens is 398 g/mol. The smallest absolute Gasteiger partial charge is 0.257 e. The maximum atomic E-state index is 13.4. The summed E-state index contributed by atoms with van der Waals surface area (Å²) in [6.07, 6.45) is -1.11. The third-order valence-corrected chi connectivity index (χ3v) is 4.36. The molecule has 3 aromatic rings. The predicted octanol–water partition coefficient (Wildman–Crippen LogP) is 3.62. The molecule has 1 aromatic heterocycles. The highest BCUT2D eigenvalue weighted by atomic mass is 19.1. The summed E-state index contributed by atoms with van der Waals surface area (Å²) < 4.78 is 42.4. The molecule has 0 radical (unpaired) electrons. The van der Waals surface area contributed by atoms with Crippen LogP contribution in [0.4, 0.5) is 8.78 Å². The first-order valence-electron chi connectivity index (χ1n) is 8.97. The van der Waals surface area contributed by atoms with E-state index in [1.54, 1.807) is 18.2 Å². The summed E-state index contributed by atoms with van der Waals surface area (Å²) in [7, 11) is 2.96. The number of aliphatic hydroxyl groups excluding tert-OH is 1. The fourth-order valence-electron chi connectivity index (χ4n) is 2.97. The number of rotatable bonds is 7. The van der Waals surface area contributed by atoms with E-state index in [2.05, 4.69) is 10.5 Å². The van der Waals surface area contributed by atoms with Crippen molar-refractivity contribution in [2.45, 2.75) is 19.6 Å². The Bertz CT molecular complexity index is 1050. The summed E-state index contributed by atoms with van der Waals surface area (Å²) in [6, 6.07) is 7.88. The number of hydrogen-bond donors (Lipinski definition) is 2. The van der Waals surface area contributed by atoms with E-state index in [4.69, 9.17) is 14.0 Å². The van der Waals surface area contributed by atoms with Gasteiger partial charge in [-0.05, 0) is 42.8 Å². The zero-order valence-electron chi connectivity index (χ0n) is 16.5. The number of hydrogen-bond acceptors (Lipinski definition) is 6. The highest BCUT2D eigenvalue weighted by Crippen LogP contribution is 2.35. The second-order valence-electron chi connectivity index (χ2n) is 6.48. The van der Waals surface area contributed by atoms with Crippen molar-refractivity contribution in [1.29, 1.82) is 0 Å². The molecule has 7 nitrogen and oxygen atoms in total. The van der Waals surface area contributed by atoms with Gasteiger partial charge in [0.1, 0.15) is 29.0 Å². The molecule has 158 valence electrons. The van der Waals surface area contributed by atoms with Crippen LogP contribution in [-0.2, 0) is 6.54 Å². The molecule has 0 spiro atoms. The fourth-order valence-corrected chi connectivity index (χ4v) is 2.97. The van der Waals surface area contributed by atoms with Gasteiger partial charge in [-0.3, -0.25) is 4.79 Å². The Morgan fingerprint density at radius 1 is 1.13 bits per heavy atom. The van der Waals surface area contributed by atoms with Crippen LogP contribution in [0.1, 0.15) is 34.7 Å². The van der Waals surface area contributed by atoms with Crippen molar-refractivity contribution in [2.75, 3.05) is 14.2 Å². The first-order chi connectivity index (χ1) is 14.3. The normalized spacial score (nSPS) is 11.8. The number of amides is 1. The van der Waals surface area contributed by atoms with Gasteiger partial charge in [0.25, 0.3) is 5.91 Å². The summed E-state index contributed by atoms with van der Waals surface area (Å²) in [5, 5.41) is 16.5. The topological polar surface area (TPSA) is 93.8 Å². The van der Waals surface area contributed by atoms with Crippen molar-refractivity contribution < 1.29 is 32.7 Å². The molecule has 1 atom stereocenters. The Kier molecular flexibility index (Phi) is 6.31. The summed E-state index contributed by atoms with van der Waals surface area (Å²) in [5.74, 6) is -1.26. The predicted molar refractivity (Wildman–Crippen MR) is 103 cm³/mol. The van der Waals surface area contributed by atoms with Crippen molar-refractivity contribution in [1.82, 2.24) is 10.5 Å². The highest BCUT2D eigenvalue weighted by molar-refractivity contribution is 6.01. The minimum Gasteiger partial charge on any atom is -0.493 e. The lowest BCUT2D eigenvalue weighted by Gasteiger charge is -2.10. The van der Waals surface area contributed by atoms with Gasteiger partial charge in [-0.25, -0.2) is 8.78 Å². The summed E-state index contributed by atoms with van der Waals surface area (Å²) in [4.78, 5) is 12.9. The quantitative estimate of drug-likeness (QED) is 0.609. The Labute approximate surface area is 171 Å². The first-order valence-corrected chi connectivity index (χ1v) is 8.97. The number of carbonyl (C=O) groups excluding carboxylic acids is 1. The van der Waals surface area contributed by atoms with Crippen LogP contribution in [0.2, 0.25) is 0 Å². The Morgan fingerprint density at radius 2 is 1.80 bits per heavy atom. The lowest BCUT2D eigenvalue weighted by atomic mass is 10.0. The van der Waals surface area contributed by atoms with Crippen LogP contribution >= 0.6 is 0 Å². The van der Waals surface area contributed by atoms with E-state index in [0.717, 1.165) is 18.2 Å². The van der Waals surface area contributed by atoms with Gasteiger partial charge in [-0.15, -0.1) is 0 Å². The minimum atomic E-state index is -1.11. The van der Waals surface area contributed by atoms with Crippen molar-refractivity contribution >= 4 is 5.91 Å². The molecule has 9 heteroatoms. The number of aromatic nitrogens is 1.